The molecule has 0 fully saturated rings. The summed E-state index contributed by atoms with van der Waals surface area (Å²) in [6.07, 6.45) is 37.6. The normalized spacial score (nSPS) is 15.0. The molecule has 0 aliphatic heterocycles. The van der Waals surface area contributed by atoms with Gasteiger partial charge in [0.15, 0.2) is 12.2 Å². The van der Waals surface area contributed by atoms with Crippen molar-refractivity contribution >= 4 is 39.5 Å². The highest BCUT2D eigenvalue weighted by atomic mass is 31.2. The fourth-order valence-corrected chi connectivity index (χ4v) is 11.5. The predicted molar refractivity (Wildman–Crippen MR) is 344 cm³/mol. The van der Waals surface area contributed by atoms with Crippen LogP contribution >= 0.6 is 15.6 Å². The van der Waals surface area contributed by atoms with E-state index in [-0.39, 0.29) is 25.7 Å². The summed E-state index contributed by atoms with van der Waals surface area (Å²) >= 11 is 0. The highest BCUT2D eigenvalue weighted by Gasteiger charge is 2.30. The molecule has 19 heteroatoms. The van der Waals surface area contributed by atoms with Crippen LogP contribution in [0.4, 0.5) is 0 Å². The first-order valence-corrected chi connectivity index (χ1v) is 37.8. The van der Waals surface area contributed by atoms with Gasteiger partial charge >= 0.3 is 39.5 Å². The quantitative estimate of drug-likeness (QED) is 0.0222. The third-order valence-corrected chi connectivity index (χ3v) is 17.9. The van der Waals surface area contributed by atoms with E-state index in [1.54, 1.807) is 0 Å². The van der Waals surface area contributed by atoms with Crippen LogP contribution in [-0.4, -0.2) is 96.7 Å². The maximum absolute atomic E-state index is 13.0. The van der Waals surface area contributed by atoms with Crippen LogP contribution in [0, 0.1) is 23.7 Å². The largest absolute Gasteiger partial charge is 0.472 e. The van der Waals surface area contributed by atoms with Gasteiger partial charge in [0, 0.05) is 25.7 Å². The molecule has 0 aliphatic carbocycles. The molecule has 0 heterocycles. The van der Waals surface area contributed by atoms with E-state index in [9.17, 15) is 43.2 Å². The van der Waals surface area contributed by atoms with Crippen molar-refractivity contribution in [1.29, 1.82) is 0 Å². The highest BCUT2D eigenvalue weighted by Crippen LogP contribution is 2.45. The third-order valence-electron chi connectivity index (χ3n) is 16.0. The van der Waals surface area contributed by atoms with E-state index < -0.39 is 97.5 Å². The summed E-state index contributed by atoms with van der Waals surface area (Å²) in [4.78, 5) is 72.4. The van der Waals surface area contributed by atoms with E-state index >= 15 is 0 Å². The second-order valence-corrected chi connectivity index (χ2v) is 28.6. The molecule has 0 spiro atoms. The summed E-state index contributed by atoms with van der Waals surface area (Å²) in [7, 11) is -9.90. The molecule has 17 nitrogen and oxygen atoms in total. The molecule has 3 N–H and O–H groups in total. The summed E-state index contributed by atoms with van der Waals surface area (Å²) < 4.78 is 68.1. The lowest BCUT2D eigenvalue weighted by molar-refractivity contribution is -0.161. The van der Waals surface area contributed by atoms with Crippen LogP contribution in [0.3, 0.4) is 0 Å². The van der Waals surface area contributed by atoms with E-state index in [0.717, 1.165) is 114 Å². The Labute approximate surface area is 524 Å². The summed E-state index contributed by atoms with van der Waals surface area (Å²) in [5.41, 5.74) is 0. The van der Waals surface area contributed by atoms with E-state index in [2.05, 4.69) is 55.4 Å². The molecule has 0 aromatic carbocycles. The summed E-state index contributed by atoms with van der Waals surface area (Å²) in [5, 5.41) is 10.6. The number of phosphoric ester groups is 2. The number of carbonyl (C=O) groups is 4. The number of ether oxygens (including phenoxy) is 4. The maximum atomic E-state index is 13.0. The van der Waals surface area contributed by atoms with Gasteiger partial charge in [-0.05, 0) is 49.4 Å². The van der Waals surface area contributed by atoms with E-state index in [4.69, 9.17) is 37.0 Å². The van der Waals surface area contributed by atoms with Crippen molar-refractivity contribution < 1.29 is 80.2 Å². The second-order valence-electron chi connectivity index (χ2n) is 25.6. The molecule has 0 aliphatic rings. The fourth-order valence-electron chi connectivity index (χ4n) is 9.89. The number of aliphatic hydroxyl groups is 1. The average molecular weight is 1270 g/mol. The number of esters is 4. The van der Waals surface area contributed by atoms with Crippen molar-refractivity contribution in [2.24, 2.45) is 23.7 Å². The highest BCUT2D eigenvalue weighted by molar-refractivity contribution is 7.47. The Morgan fingerprint density at radius 2 is 0.558 bits per heavy atom. The molecule has 0 amide bonds. The predicted octanol–water partition coefficient (Wildman–Crippen LogP) is 18.5. The van der Waals surface area contributed by atoms with Crippen molar-refractivity contribution in [3.8, 4) is 0 Å². The van der Waals surface area contributed by atoms with E-state index in [0.29, 0.717) is 31.6 Å². The van der Waals surface area contributed by atoms with Crippen molar-refractivity contribution in [2.75, 3.05) is 39.6 Å². The minimum Gasteiger partial charge on any atom is -0.462 e. The molecule has 5 unspecified atom stereocenters. The number of carbonyl (C=O) groups excluding carboxylic acids is 4. The molecule has 510 valence electrons. The Kier molecular flexibility index (Phi) is 55.7. The minimum absolute atomic E-state index is 0.104. The van der Waals surface area contributed by atoms with Crippen molar-refractivity contribution in [3.05, 3.63) is 0 Å². The van der Waals surface area contributed by atoms with Gasteiger partial charge < -0.3 is 33.8 Å². The first-order valence-electron chi connectivity index (χ1n) is 34.8. The van der Waals surface area contributed by atoms with Crippen LogP contribution in [0.25, 0.3) is 0 Å². The Bertz CT molecular complexity index is 1720. The first-order chi connectivity index (χ1) is 41.2. The van der Waals surface area contributed by atoms with Gasteiger partial charge in [0.1, 0.15) is 19.3 Å². The van der Waals surface area contributed by atoms with Gasteiger partial charge in [-0.15, -0.1) is 0 Å². The molecule has 0 rings (SSSR count). The average Bonchev–Trinajstić information content (AvgIpc) is 3.66. The summed E-state index contributed by atoms with van der Waals surface area (Å²) in [6, 6.07) is 0. The number of hydrogen-bond donors (Lipinski definition) is 3. The molecular weight excluding hydrogens is 1140 g/mol. The van der Waals surface area contributed by atoms with Crippen molar-refractivity contribution in [1.82, 2.24) is 0 Å². The number of rotatable bonds is 64. The third kappa shape index (κ3) is 58.4. The number of aliphatic hydroxyl groups excluding tert-OH is 1. The van der Waals surface area contributed by atoms with Gasteiger partial charge in [-0.25, -0.2) is 9.13 Å². The van der Waals surface area contributed by atoms with Crippen LogP contribution in [0.2, 0.25) is 0 Å². The first kappa shape index (κ1) is 84.1. The summed E-state index contributed by atoms with van der Waals surface area (Å²) in [5.74, 6) is 0.841. The topological polar surface area (TPSA) is 237 Å². The Hall–Kier alpha value is -1.94. The molecule has 0 bridgehead atoms. The second kappa shape index (κ2) is 57.0. The maximum Gasteiger partial charge on any atom is 0.472 e. The molecular formula is C67H130O17P2. The van der Waals surface area contributed by atoms with Crippen molar-refractivity contribution in [3.63, 3.8) is 0 Å². The monoisotopic (exact) mass is 1270 g/mol. The smallest absolute Gasteiger partial charge is 0.462 e. The molecule has 0 radical (unpaired) electrons. The molecule has 0 aromatic rings. The fraction of sp³-hybridized carbons (Fsp3) is 0.940. The van der Waals surface area contributed by atoms with Crippen LogP contribution < -0.4 is 0 Å². The van der Waals surface area contributed by atoms with Gasteiger partial charge in [-0.3, -0.25) is 37.3 Å². The zero-order valence-corrected chi connectivity index (χ0v) is 57.7. The van der Waals surface area contributed by atoms with Crippen LogP contribution in [0.5, 0.6) is 0 Å². The lowest BCUT2D eigenvalue weighted by Crippen LogP contribution is -2.30. The molecule has 86 heavy (non-hydrogen) atoms. The van der Waals surface area contributed by atoms with E-state index in [1.165, 1.54) is 122 Å². The van der Waals surface area contributed by atoms with Gasteiger partial charge in [0.05, 0.1) is 26.4 Å². The lowest BCUT2D eigenvalue weighted by Gasteiger charge is -2.21. The Morgan fingerprint density at radius 1 is 0.326 bits per heavy atom. The molecule has 0 saturated carbocycles. The van der Waals surface area contributed by atoms with Crippen LogP contribution in [0.15, 0.2) is 0 Å². The summed E-state index contributed by atoms with van der Waals surface area (Å²) in [6.45, 7) is 14.0. The zero-order chi connectivity index (χ0) is 63.9. The number of unbranched alkanes of at least 4 members (excludes halogenated alkanes) is 28. The molecule has 7 atom stereocenters. The van der Waals surface area contributed by atoms with Gasteiger partial charge in [0.25, 0.3) is 0 Å². The SMILES string of the molecule is CCC(C)CCCCCCCCCCCCC(=O)O[C@H](COC(=O)CCCCCCCCC(C)C)COP(=O)(O)OCC(O)COP(=O)(O)OC[C@@H](COC(=O)CCCCCCCCCCC(C)C)OC(=O)CCCCCCCCCCC(C)CC. The van der Waals surface area contributed by atoms with E-state index in [1.807, 2.05) is 0 Å². The van der Waals surface area contributed by atoms with Gasteiger partial charge in [-0.2, -0.15) is 0 Å². The standard InChI is InChI=1S/C67H130O17P2/c1-9-59(7)45-37-29-20-13-11-12-14-23-33-41-49-66(71)83-63(54-78-65(70)48-40-32-26-25-28-36-44-58(5)6)56-82-86(75,76)80-52-61(68)51-79-85(73,74)81-55-62(53-77-64(69)47-39-31-22-17-15-19-27-35-43-57(3)4)84-67(72)50-42-34-24-18-16-21-30-38-46-60(8)10-2/h57-63,68H,9-56H2,1-8H3,(H,73,74)(H,75,76)/t59?,60?,61?,62-,63-/m1/s1. The molecule has 0 saturated heterocycles. The lowest BCUT2D eigenvalue weighted by atomic mass is 9.99. The Balaban J connectivity index is 5.26. The van der Waals surface area contributed by atoms with Crippen LogP contribution in [-0.2, 0) is 65.4 Å². The number of hydrogen-bond acceptors (Lipinski definition) is 15. The van der Waals surface area contributed by atoms with Gasteiger partial charge in [0.2, 0.25) is 0 Å². The zero-order valence-electron chi connectivity index (χ0n) is 55.9. The van der Waals surface area contributed by atoms with Crippen LogP contribution in [0.1, 0.15) is 325 Å². The molecule has 0 aromatic heterocycles. The van der Waals surface area contributed by atoms with Crippen molar-refractivity contribution in [2.45, 2.75) is 343 Å². The minimum atomic E-state index is -4.95. The number of phosphoric acid groups is 2. The van der Waals surface area contributed by atoms with Gasteiger partial charge in [-0.1, -0.05) is 274 Å². The Morgan fingerprint density at radius 3 is 0.826 bits per heavy atom.